The molecule has 3 aromatic rings. The minimum Gasteiger partial charge on any atom is -0.508 e. The van der Waals surface area contributed by atoms with Crippen LogP contribution in [0.5, 0.6) is 17.2 Å². The summed E-state index contributed by atoms with van der Waals surface area (Å²) in [5.41, 5.74) is 2.19. The molecule has 2 aliphatic rings. The Hall–Kier alpha value is -4.61. The minimum absolute atomic E-state index is 0.0406. The van der Waals surface area contributed by atoms with E-state index in [0.29, 0.717) is 17.1 Å². The number of aromatic hydroxyl groups is 1. The lowest BCUT2D eigenvalue weighted by Crippen LogP contribution is -2.55. The Morgan fingerprint density at radius 3 is 2.56 bits per heavy atom. The lowest BCUT2D eigenvalue weighted by Gasteiger charge is -2.30. The zero-order chi connectivity index (χ0) is 30.5. The zero-order valence-corrected chi connectivity index (χ0v) is 24.0. The van der Waals surface area contributed by atoms with Gasteiger partial charge in [-0.2, -0.15) is 0 Å². The fourth-order valence-corrected chi connectivity index (χ4v) is 5.39. The average Bonchev–Trinajstić information content (AvgIpc) is 3.68. The van der Waals surface area contributed by atoms with Gasteiger partial charge in [0, 0.05) is 37.7 Å². The second-order valence-corrected chi connectivity index (χ2v) is 10.7. The van der Waals surface area contributed by atoms with Crippen molar-refractivity contribution in [2.75, 3.05) is 20.4 Å². The van der Waals surface area contributed by atoms with Crippen LogP contribution in [0.25, 0.3) is 0 Å². The van der Waals surface area contributed by atoms with Gasteiger partial charge < -0.3 is 40.0 Å². The molecule has 2 heterocycles. The number of likely N-dealkylation sites (tertiary alicyclic amines) is 1. The molecule has 0 radical (unpaired) electrons. The van der Waals surface area contributed by atoms with Gasteiger partial charge in [0.25, 0.3) is 11.8 Å². The first-order valence-electron chi connectivity index (χ1n) is 14.1. The van der Waals surface area contributed by atoms with Crippen molar-refractivity contribution < 1.29 is 38.8 Å². The van der Waals surface area contributed by atoms with Crippen LogP contribution >= 0.6 is 0 Å². The number of carbonyl (C=O) groups excluding carboxylic acids is 3. The predicted molar refractivity (Wildman–Crippen MR) is 156 cm³/mol. The highest BCUT2D eigenvalue weighted by Gasteiger charge is 2.43. The van der Waals surface area contributed by atoms with E-state index in [-0.39, 0.29) is 44.0 Å². The van der Waals surface area contributed by atoms with Gasteiger partial charge in [-0.25, -0.2) is 0 Å². The fraction of sp³-hybridized carbons (Fsp3) is 0.344. The van der Waals surface area contributed by atoms with Crippen molar-refractivity contribution in [1.29, 1.82) is 0 Å². The molecule has 0 spiro atoms. The van der Waals surface area contributed by atoms with E-state index >= 15 is 0 Å². The monoisotopic (exact) mass is 589 g/mol. The highest BCUT2D eigenvalue weighted by atomic mass is 16.7. The lowest BCUT2D eigenvalue weighted by molar-refractivity contribution is -0.146. The van der Waals surface area contributed by atoms with Gasteiger partial charge >= 0.3 is 0 Å². The molecule has 11 heteroatoms. The summed E-state index contributed by atoms with van der Waals surface area (Å²) < 4.78 is 16.2. The van der Waals surface area contributed by atoms with Gasteiger partial charge in [-0.05, 0) is 48.7 Å². The quantitative estimate of drug-likeness (QED) is 0.281. The molecule has 0 unspecified atom stereocenters. The number of nitrogens with zero attached hydrogens (tertiary/aromatic N) is 1. The maximum absolute atomic E-state index is 13.8. The van der Waals surface area contributed by atoms with Crippen molar-refractivity contribution in [3.63, 3.8) is 0 Å². The molecule has 0 saturated carbocycles. The summed E-state index contributed by atoms with van der Waals surface area (Å²) in [4.78, 5) is 41.8. The molecule has 11 nitrogen and oxygen atoms in total. The Morgan fingerprint density at radius 1 is 1.02 bits per heavy atom. The lowest BCUT2D eigenvalue weighted by atomic mass is 9.98. The summed E-state index contributed by atoms with van der Waals surface area (Å²) in [5.74, 6) is -0.444. The second kappa shape index (κ2) is 13.1. The van der Waals surface area contributed by atoms with E-state index in [1.165, 1.54) is 18.1 Å². The molecule has 0 aliphatic carbocycles. The Kier molecular flexibility index (Phi) is 9.13. The number of ether oxygens (including phenoxy) is 3. The van der Waals surface area contributed by atoms with Gasteiger partial charge in [-0.1, -0.05) is 42.5 Å². The number of benzene rings is 3. The molecule has 2 aliphatic heterocycles. The standard InChI is InChI=1S/C32H35N3O8/c1-19-23(9-6-10-26(19)36)30(38)34-24(13-20-7-4-3-5-8-20)29(37)32(40)35-17-22(41-2)15-25(35)31(39)33-16-21-11-12-27-28(14-21)43-18-42-27/h3-12,14,22,24-25,29,36-37H,13,15-18H2,1-2H3,(H,33,39)(H,34,38)/t22-,24+,25+,29+/m1/s1. The van der Waals surface area contributed by atoms with Crippen molar-refractivity contribution in [2.45, 2.75) is 50.6 Å². The molecule has 3 aromatic carbocycles. The van der Waals surface area contributed by atoms with Crippen LogP contribution in [-0.4, -0.2) is 77.6 Å². The number of carbonyl (C=O) groups is 3. The van der Waals surface area contributed by atoms with Crippen molar-refractivity contribution in [3.05, 3.63) is 89.0 Å². The molecule has 1 saturated heterocycles. The Bertz CT molecular complexity index is 1480. The number of methoxy groups -OCH3 is 1. The number of aliphatic hydroxyl groups excluding tert-OH is 1. The molecule has 43 heavy (non-hydrogen) atoms. The van der Waals surface area contributed by atoms with Crippen molar-refractivity contribution in [2.24, 2.45) is 0 Å². The molecule has 0 aromatic heterocycles. The molecule has 226 valence electrons. The summed E-state index contributed by atoms with van der Waals surface area (Å²) in [6.45, 7) is 2.06. The second-order valence-electron chi connectivity index (χ2n) is 10.7. The Balaban J connectivity index is 1.32. The molecule has 0 bridgehead atoms. The van der Waals surface area contributed by atoms with Gasteiger partial charge in [0.15, 0.2) is 17.6 Å². The first-order valence-corrected chi connectivity index (χ1v) is 14.1. The number of hydrogen-bond acceptors (Lipinski definition) is 8. The van der Waals surface area contributed by atoms with Gasteiger partial charge in [0.1, 0.15) is 11.8 Å². The van der Waals surface area contributed by atoms with Crippen LogP contribution in [0.2, 0.25) is 0 Å². The first-order chi connectivity index (χ1) is 20.7. The van der Waals surface area contributed by atoms with Crippen molar-refractivity contribution >= 4 is 17.7 Å². The third-order valence-electron chi connectivity index (χ3n) is 7.88. The number of phenolic OH excluding ortho intramolecular Hbond substituents is 1. The molecule has 4 N–H and O–H groups in total. The number of rotatable bonds is 10. The zero-order valence-electron chi connectivity index (χ0n) is 24.0. The van der Waals surface area contributed by atoms with E-state index in [0.717, 1.165) is 11.1 Å². The molecular weight excluding hydrogens is 554 g/mol. The smallest absolute Gasteiger partial charge is 0.254 e. The SMILES string of the molecule is CO[C@@H]1C[C@@H](C(=O)NCc2ccc3c(c2)OCO3)N(C(=O)[C@@H](O)[C@H](Cc2ccccc2)NC(=O)c2cccc(O)c2C)C1. The van der Waals surface area contributed by atoms with E-state index in [1.807, 2.05) is 36.4 Å². The predicted octanol–water partition coefficient (Wildman–Crippen LogP) is 2.06. The minimum atomic E-state index is -1.67. The maximum Gasteiger partial charge on any atom is 0.254 e. The van der Waals surface area contributed by atoms with Crippen LogP contribution in [0.3, 0.4) is 0 Å². The molecule has 5 rings (SSSR count). The third-order valence-corrected chi connectivity index (χ3v) is 7.88. The number of nitrogens with one attached hydrogen (secondary N) is 2. The number of hydrogen-bond donors (Lipinski definition) is 4. The third kappa shape index (κ3) is 6.73. The van der Waals surface area contributed by atoms with E-state index in [2.05, 4.69) is 10.6 Å². The average molecular weight is 590 g/mol. The number of fused-ring (bicyclic) bond motifs is 1. The summed E-state index contributed by atoms with van der Waals surface area (Å²) in [6, 6.07) is 17.2. The van der Waals surface area contributed by atoms with Gasteiger partial charge in [-0.15, -0.1) is 0 Å². The van der Waals surface area contributed by atoms with Crippen LogP contribution in [0.15, 0.2) is 66.7 Å². The van der Waals surface area contributed by atoms with Crippen LogP contribution in [0.1, 0.15) is 33.5 Å². The van der Waals surface area contributed by atoms with E-state index in [1.54, 1.807) is 31.2 Å². The van der Waals surface area contributed by atoms with Crippen molar-refractivity contribution in [1.82, 2.24) is 15.5 Å². The van der Waals surface area contributed by atoms with Crippen LogP contribution in [0.4, 0.5) is 0 Å². The molecule has 1 fully saturated rings. The highest BCUT2D eigenvalue weighted by Crippen LogP contribution is 2.32. The van der Waals surface area contributed by atoms with Gasteiger partial charge in [0.2, 0.25) is 12.7 Å². The van der Waals surface area contributed by atoms with Crippen LogP contribution < -0.4 is 20.1 Å². The van der Waals surface area contributed by atoms with Gasteiger partial charge in [-0.3, -0.25) is 14.4 Å². The van der Waals surface area contributed by atoms with Crippen molar-refractivity contribution in [3.8, 4) is 17.2 Å². The fourth-order valence-electron chi connectivity index (χ4n) is 5.39. The largest absolute Gasteiger partial charge is 0.508 e. The van der Waals surface area contributed by atoms with E-state index < -0.39 is 42.0 Å². The summed E-state index contributed by atoms with van der Waals surface area (Å²) >= 11 is 0. The normalized spacial score (nSPS) is 18.6. The summed E-state index contributed by atoms with van der Waals surface area (Å²) in [6.07, 6.45) is -1.67. The topological polar surface area (TPSA) is 147 Å². The molecule has 4 atom stereocenters. The Labute approximate surface area is 249 Å². The van der Waals surface area contributed by atoms with E-state index in [4.69, 9.17) is 14.2 Å². The number of phenols is 1. The summed E-state index contributed by atoms with van der Waals surface area (Å²) in [5, 5.41) is 27.2. The maximum atomic E-state index is 13.8. The molecular formula is C32H35N3O8. The van der Waals surface area contributed by atoms with Gasteiger partial charge in [0.05, 0.1) is 12.1 Å². The van der Waals surface area contributed by atoms with E-state index in [9.17, 15) is 24.6 Å². The van der Waals surface area contributed by atoms with Crippen LogP contribution in [0, 0.1) is 6.92 Å². The molecule has 3 amide bonds. The first kappa shape index (κ1) is 29.9. The Morgan fingerprint density at radius 2 is 1.79 bits per heavy atom. The van der Waals surface area contributed by atoms with Crippen LogP contribution in [-0.2, 0) is 27.3 Å². The highest BCUT2D eigenvalue weighted by molar-refractivity contribution is 5.97. The number of aliphatic hydroxyl groups is 1. The summed E-state index contributed by atoms with van der Waals surface area (Å²) in [7, 11) is 1.51. The number of amides is 3.